The number of ether oxygens (including phenoxy) is 3. The van der Waals surface area contributed by atoms with Crippen molar-refractivity contribution in [2.45, 2.75) is 13.2 Å². The van der Waals surface area contributed by atoms with Gasteiger partial charge in [-0.05, 0) is 12.1 Å². The fourth-order valence-electron chi connectivity index (χ4n) is 4.47. The molecule has 11 heteroatoms. The Bertz CT molecular complexity index is 1380. The lowest BCUT2D eigenvalue weighted by Crippen LogP contribution is -2.47. The number of aromatic nitrogens is 3. The van der Waals surface area contributed by atoms with Crippen LogP contribution in [0.4, 0.5) is 5.82 Å². The van der Waals surface area contributed by atoms with Crippen molar-refractivity contribution in [2.24, 2.45) is 0 Å². The predicted molar refractivity (Wildman–Crippen MR) is 130 cm³/mol. The summed E-state index contributed by atoms with van der Waals surface area (Å²) in [5, 5.41) is 8.41. The molecule has 178 valence electrons. The normalized spacial score (nSPS) is 14.6. The fourth-order valence-corrected chi connectivity index (χ4v) is 5.68. The zero-order valence-corrected chi connectivity index (χ0v) is 20.1. The number of benzene rings is 1. The first-order chi connectivity index (χ1) is 16.5. The molecule has 0 unspecified atom stereocenters. The van der Waals surface area contributed by atoms with Gasteiger partial charge in [-0.3, -0.25) is 9.69 Å². The molecule has 4 aromatic rings. The first-order valence-electron chi connectivity index (χ1n) is 10.8. The summed E-state index contributed by atoms with van der Waals surface area (Å²) in [6, 6.07) is 5.96. The Morgan fingerprint density at radius 3 is 2.79 bits per heavy atom. The van der Waals surface area contributed by atoms with Crippen molar-refractivity contribution in [3.8, 4) is 21.9 Å². The number of methoxy groups -OCH3 is 3. The molecule has 3 aromatic heterocycles. The second-order valence-corrected chi connectivity index (χ2v) is 9.11. The van der Waals surface area contributed by atoms with E-state index in [0.717, 1.165) is 55.3 Å². The highest BCUT2D eigenvalue weighted by atomic mass is 32.1. The second-order valence-electron chi connectivity index (χ2n) is 8.06. The van der Waals surface area contributed by atoms with E-state index < -0.39 is 0 Å². The number of carbonyl (C=O) groups is 1. The maximum atomic E-state index is 12.0. The number of nitrogens with one attached hydrogen (secondary N) is 1. The largest absolute Gasteiger partial charge is 0.497 e. The molecule has 0 spiro atoms. The summed E-state index contributed by atoms with van der Waals surface area (Å²) >= 11 is 1.61. The van der Waals surface area contributed by atoms with E-state index in [0.29, 0.717) is 32.1 Å². The van der Waals surface area contributed by atoms with Crippen molar-refractivity contribution in [3.05, 3.63) is 35.8 Å². The summed E-state index contributed by atoms with van der Waals surface area (Å²) in [5.41, 5.74) is 9.95. The zero-order chi connectivity index (χ0) is 23.8. The minimum atomic E-state index is 0.0142. The highest BCUT2D eigenvalue weighted by Crippen LogP contribution is 2.45. The summed E-state index contributed by atoms with van der Waals surface area (Å²) in [6.07, 6.45) is 1.45. The number of anilines is 1. The van der Waals surface area contributed by atoms with Crippen LogP contribution in [-0.4, -0.2) is 66.4 Å². The standard InChI is InChI=1S/C23H26N6O4S/c1-31-11-15-16(9-28-5-4-25-19(30)10-28)29-21(23(24)26-12-27-29)20(15)18-7-13-6-14(32-2)8-17(33-3)22(13)34-18/h6-8,12H,4-5,9-11H2,1-3H3,(H,25,30)(H2,24,26,27). The molecule has 0 saturated carbocycles. The van der Waals surface area contributed by atoms with Crippen LogP contribution in [0, 0.1) is 0 Å². The minimum Gasteiger partial charge on any atom is -0.497 e. The molecule has 10 nitrogen and oxygen atoms in total. The Labute approximate surface area is 200 Å². The fraction of sp³-hybridized carbons (Fsp3) is 0.348. The first-order valence-corrected chi connectivity index (χ1v) is 11.6. The maximum absolute atomic E-state index is 12.0. The van der Waals surface area contributed by atoms with Crippen LogP contribution in [-0.2, 0) is 22.7 Å². The van der Waals surface area contributed by atoms with E-state index in [1.54, 1.807) is 32.7 Å². The van der Waals surface area contributed by atoms with Crippen LogP contribution in [0.25, 0.3) is 26.0 Å². The van der Waals surface area contributed by atoms with Gasteiger partial charge < -0.3 is 25.3 Å². The predicted octanol–water partition coefficient (Wildman–Crippen LogP) is 2.29. The van der Waals surface area contributed by atoms with Crippen LogP contribution < -0.4 is 20.5 Å². The van der Waals surface area contributed by atoms with E-state index in [9.17, 15) is 4.79 Å². The zero-order valence-electron chi connectivity index (χ0n) is 19.3. The molecular formula is C23H26N6O4S. The van der Waals surface area contributed by atoms with Gasteiger partial charge in [0.1, 0.15) is 23.3 Å². The van der Waals surface area contributed by atoms with Gasteiger partial charge >= 0.3 is 0 Å². The van der Waals surface area contributed by atoms with Crippen LogP contribution in [0.1, 0.15) is 11.3 Å². The number of rotatable bonds is 7. The highest BCUT2D eigenvalue weighted by molar-refractivity contribution is 7.22. The third kappa shape index (κ3) is 3.81. The Balaban J connectivity index is 1.73. The maximum Gasteiger partial charge on any atom is 0.234 e. The van der Waals surface area contributed by atoms with Gasteiger partial charge in [0.05, 0.1) is 37.8 Å². The number of nitrogens with two attached hydrogens (primary N) is 1. The SMILES string of the molecule is COCc1c(-c2cc3cc(OC)cc(OC)c3s2)c2c(N)ncnn2c1CN1CCNC(=O)C1. The monoisotopic (exact) mass is 482 g/mol. The molecule has 1 aromatic carbocycles. The van der Waals surface area contributed by atoms with Gasteiger partial charge in [-0.2, -0.15) is 5.10 Å². The average molecular weight is 483 g/mol. The number of thiophene rings is 1. The van der Waals surface area contributed by atoms with Crippen molar-refractivity contribution in [1.82, 2.24) is 24.8 Å². The lowest BCUT2D eigenvalue weighted by Gasteiger charge is -2.26. The summed E-state index contributed by atoms with van der Waals surface area (Å²) in [6.45, 7) is 2.59. The molecular weight excluding hydrogens is 456 g/mol. The molecule has 1 amide bonds. The minimum absolute atomic E-state index is 0.0142. The third-order valence-corrected chi connectivity index (χ3v) is 7.18. The molecule has 5 rings (SSSR count). The van der Waals surface area contributed by atoms with Gasteiger partial charge in [0.15, 0.2) is 5.82 Å². The van der Waals surface area contributed by atoms with E-state index >= 15 is 0 Å². The lowest BCUT2D eigenvalue weighted by molar-refractivity contribution is -0.124. The first kappa shape index (κ1) is 22.4. The number of amides is 1. The Hall–Kier alpha value is -3.41. The molecule has 3 N–H and O–H groups in total. The summed E-state index contributed by atoms with van der Waals surface area (Å²) in [5.74, 6) is 1.86. The van der Waals surface area contributed by atoms with Gasteiger partial charge in [0.25, 0.3) is 0 Å². The van der Waals surface area contributed by atoms with Gasteiger partial charge in [-0.15, -0.1) is 11.3 Å². The van der Waals surface area contributed by atoms with Crippen LogP contribution in [0.5, 0.6) is 11.5 Å². The van der Waals surface area contributed by atoms with Crippen LogP contribution in [0.2, 0.25) is 0 Å². The van der Waals surface area contributed by atoms with E-state index in [1.165, 1.54) is 6.33 Å². The number of hydrogen-bond acceptors (Lipinski definition) is 9. The molecule has 1 aliphatic heterocycles. The van der Waals surface area contributed by atoms with Crippen molar-refractivity contribution < 1.29 is 19.0 Å². The Morgan fingerprint density at radius 2 is 2.06 bits per heavy atom. The molecule has 0 bridgehead atoms. The number of hydrogen-bond donors (Lipinski definition) is 2. The Morgan fingerprint density at radius 1 is 1.21 bits per heavy atom. The van der Waals surface area contributed by atoms with Crippen LogP contribution in [0.15, 0.2) is 24.5 Å². The van der Waals surface area contributed by atoms with Crippen molar-refractivity contribution >= 4 is 38.7 Å². The van der Waals surface area contributed by atoms with E-state index in [-0.39, 0.29) is 5.91 Å². The number of carbonyl (C=O) groups excluding carboxylic acids is 1. The van der Waals surface area contributed by atoms with Gasteiger partial charge in [0.2, 0.25) is 5.91 Å². The Kier molecular flexibility index (Phi) is 5.98. The molecule has 1 fully saturated rings. The quantitative estimate of drug-likeness (QED) is 0.412. The van der Waals surface area contributed by atoms with Crippen LogP contribution >= 0.6 is 11.3 Å². The highest BCUT2D eigenvalue weighted by Gasteiger charge is 2.27. The van der Waals surface area contributed by atoms with Crippen molar-refractivity contribution in [2.75, 3.05) is 46.7 Å². The lowest BCUT2D eigenvalue weighted by atomic mass is 10.1. The van der Waals surface area contributed by atoms with E-state index in [1.807, 2.05) is 16.6 Å². The van der Waals surface area contributed by atoms with E-state index in [4.69, 9.17) is 19.9 Å². The molecule has 1 aliphatic rings. The summed E-state index contributed by atoms with van der Waals surface area (Å²) in [4.78, 5) is 19.3. The number of piperazine rings is 1. The third-order valence-electron chi connectivity index (χ3n) is 6.00. The van der Waals surface area contributed by atoms with E-state index in [2.05, 4.69) is 26.4 Å². The topological polar surface area (TPSA) is 116 Å². The van der Waals surface area contributed by atoms with Crippen molar-refractivity contribution in [3.63, 3.8) is 0 Å². The molecule has 0 atom stereocenters. The van der Waals surface area contributed by atoms with Crippen LogP contribution in [0.3, 0.4) is 0 Å². The van der Waals surface area contributed by atoms with Crippen molar-refractivity contribution in [1.29, 1.82) is 0 Å². The smallest absolute Gasteiger partial charge is 0.234 e. The second kappa shape index (κ2) is 9.09. The number of nitrogen functional groups attached to an aromatic ring is 1. The van der Waals surface area contributed by atoms with Gasteiger partial charge in [-0.25, -0.2) is 9.50 Å². The average Bonchev–Trinajstić information content (AvgIpc) is 3.39. The summed E-state index contributed by atoms with van der Waals surface area (Å²) < 4.78 is 19.5. The van der Waals surface area contributed by atoms with Gasteiger partial charge in [-0.1, -0.05) is 0 Å². The molecule has 34 heavy (non-hydrogen) atoms. The molecule has 0 aliphatic carbocycles. The summed E-state index contributed by atoms with van der Waals surface area (Å²) in [7, 11) is 4.95. The molecule has 0 radical (unpaired) electrons. The number of nitrogens with zero attached hydrogens (tertiary/aromatic N) is 4. The van der Waals surface area contributed by atoms with Gasteiger partial charge in [0, 0.05) is 54.2 Å². The molecule has 4 heterocycles. The number of fused-ring (bicyclic) bond motifs is 2. The molecule has 1 saturated heterocycles.